The Hall–Kier alpha value is -2.68. The molecule has 0 unspecified atom stereocenters. The minimum Gasteiger partial charge on any atom is -0.232 e. The van der Waals surface area contributed by atoms with Gasteiger partial charge in [0.25, 0.3) is 0 Å². The van der Waals surface area contributed by atoms with Crippen LogP contribution in [0.25, 0.3) is 16.9 Å². The van der Waals surface area contributed by atoms with Crippen molar-refractivity contribution >= 4 is 9.84 Å². The Morgan fingerprint density at radius 3 is 2.18 bits per heavy atom. The number of aromatic nitrogens is 2. The zero-order valence-electron chi connectivity index (χ0n) is 15.2. The third kappa shape index (κ3) is 3.80. The maximum absolute atomic E-state index is 14.3. The SMILES string of the molecule is Cc1ccc(-n2nc(C(F)(F)F)cc2-c2ccc(S(C)(=O)=O)c(F)c2)cc1C. The molecule has 3 rings (SSSR count). The second kappa shape index (κ2) is 6.73. The molecule has 2 aromatic carbocycles. The van der Waals surface area contributed by atoms with Gasteiger partial charge in [-0.15, -0.1) is 0 Å². The molecular formula is C19H16F4N2O2S. The number of aryl methyl sites for hydroxylation is 2. The van der Waals surface area contributed by atoms with Crippen LogP contribution in [0.2, 0.25) is 0 Å². The highest BCUT2D eigenvalue weighted by atomic mass is 32.2. The summed E-state index contributed by atoms with van der Waals surface area (Å²) >= 11 is 0. The molecule has 0 amide bonds. The number of hydrogen-bond acceptors (Lipinski definition) is 3. The Bertz CT molecular complexity index is 1170. The maximum Gasteiger partial charge on any atom is 0.435 e. The molecule has 0 saturated heterocycles. The van der Waals surface area contributed by atoms with Crippen molar-refractivity contribution in [2.75, 3.05) is 6.26 Å². The van der Waals surface area contributed by atoms with E-state index in [9.17, 15) is 26.0 Å². The van der Waals surface area contributed by atoms with Gasteiger partial charge in [-0.1, -0.05) is 12.1 Å². The molecule has 1 aromatic heterocycles. The number of benzene rings is 2. The van der Waals surface area contributed by atoms with Gasteiger partial charge in [0.1, 0.15) is 10.7 Å². The average molecular weight is 412 g/mol. The van der Waals surface area contributed by atoms with Crippen LogP contribution in [0, 0.1) is 19.7 Å². The van der Waals surface area contributed by atoms with Gasteiger partial charge in [0.15, 0.2) is 15.5 Å². The van der Waals surface area contributed by atoms with E-state index in [4.69, 9.17) is 0 Å². The van der Waals surface area contributed by atoms with E-state index in [1.165, 1.54) is 6.07 Å². The Balaban J connectivity index is 2.24. The van der Waals surface area contributed by atoms with E-state index in [1.54, 1.807) is 18.2 Å². The van der Waals surface area contributed by atoms with E-state index < -0.39 is 32.4 Å². The van der Waals surface area contributed by atoms with Crippen LogP contribution >= 0.6 is 0 Å². The molecule has 148 valence electrons. The van der Waals surface area contributed by atoms with E-state index in [0.717, 1.165) is 40.3 Å². The molecule has 0 bridgehead atoms. The Labute approximate surface area is 159 Å². The summed E-state index contributed by atoms with van der Waals surface area (Å²) in [6, 6.07) is 9.03. The molecule has 1 heterocycles. The van der Waals surface area contributed by atoms with Gasteiger partial charge in [-0.05, 0) is 55.3 Å². The summed E-state index contributed by atoms with van der Waals surface area (Å²) in [5.74, 6) is -1.04. The third-order valence-electron chi connectivity index (χ3n) is 4.36. The van der Waals surface area contributed by atoms with E-state index in [2.05, 4.69) is 5.10 Å². The summed E-state index contributed by atoms with van der Waals surface area (Å²) in [4.78, 5) is -0.524. The van der Waals surface area contributed by atoms with Gasteiger partial charge in [-0.2, -0.15) is 18.3 Å². The summed E-state index contributed by atoms with van der Waals surface area (Å²) < 4.78 is 78.2. The third-order valence-corrected chi connectivity index (χ3v) is 5.49. The Morgan fingerprint density at radius 2 is 1.64 bits per heavy atom. The highest BCUT2D eigenvalue weighted by Gasteiger charge is 2.35. The fraction of sp³-hybridized carbons (Fsp3) is 0.211. The molecule has 3 aromatic rings. The predicted octanol–water partition coefficient (Wildman–Crippen LogP) is 4.72. The lowest BCUT2D eigenvalue weighted by Gasteiger charge is -2.11. The number of sulfone groups is 1. The first-order chi connectivity index (χ1) is 12.9. The molecule has 0 aliphatic carbocycles. The second-order valence-corrected chi connectivity index (χ2v) is 8.49. The van der Waals surface area contributed by atoms with Gasteiger partial charge in [-0.25, -0.2) is 17.5 Å². The zero-order chi connectivity index (χ0) is 20.9. The van der Waals surface area contributed by atoms with Crippen LogP contribution in [0.5, 0.6) is 0 Å². The molecule has 4 nitrogen and oxygen atoms in total. The van der Waals surface area contributed by atoms with Crippen LogP contribution in [0.1, 0.15) is 16.8 Å². The van der Waals surface area contributed by atoms with E-state index >= 15 is 0 Å². The zero-order valence-corrected chi connectivity index (χ0v) is 16.0. The number of halogens is 4. The smallest absolute Gasteiger partial charge is 0.232 e. The maximum atomic E-state index is 14.3. The van der Waals surface area contributed by atoms with Crippen LogP contribution in [0.4, 0.5) is 17.6 Å². The van der Waals surface area contributed by atoms with Crippen molar-refractivity contribution in [2.45, 2.75) is 24.9 Å². The van der Waals surface area contributed by atoms with E-state index in [0.29, 0.717) is 5.69 Å². The molecule has 0 N–H and O–H groups in total. The highest BCUT2D eigenvalue weighted by molar-refractivity contribution is 7.90. The normalized spacial score (nSPS) is 12.4. The molecule has 0 saturated carbocycles. The van der Waals surface area contributed by atoms with Crippen LogP contribution < -0.4 is 0 Å². The average Bonchev–Trinajstić information content (AvgIpc) is 3.01. The largest absolute Gasteiger partial charge is 0.435 e. The van der Waals surface area contributed by atoms with Crippen molar-refractivity contribution in [3.8, 4) is 16.9 Å². The minimum absolute atomic E-state index is 0.00507. The summed E-state index contributed by atoms with van der Waals surface area (Å²) in [7, 11) is -3.80. The van der Waals surface area contributed by atoms with Crippen molar-refractivity contribution in [2.24, 2.45) is 0 Å². The van der Waals surface area contributed by atoms with Gasteiger partial charge < -0.3 is 0 Å². The minimum atomic E-state index is -4.69. The quantitative estimate of drug-likeness (QED) is 0.585. The fourth-order valence-corrected chi connectivity index (χ4v) is 3.47. The number of hydrogen-bond donors (Lipinski definition) is 0. The standard InChI is InChI=1S/C19H16F4N2O2S/c1-11-4-6-14(8-12(11)2)25-16(10-18(24-25)19(21,22)23)13-5-7-17(15(20)9-13)28(3,26)27/h4-10H,1-3H3. The molecule has 0 radical (unpaired) electrons. The summed E-state index contributed by atoms with van der Waals surface area (Å²) in [6.07, 6.45) is -3.84. The number of alkyl halides is 3. The molecule has 0 aliphatic heterocycles. The molecule has 28 heavy (non-hydrogen) atoms. The van der Waals surface area contributed by atoms with Crippen LogP contribution in [0.3, 0.4) is 0 Å². The fourth-order valence-electron chi connectivity index (χ4n) is 2.74. The lowest BCUT2D eigenvalue weighted by molar-refractivity contribution is -0.141. The highest BCUT2D eigenvalue weighted by Crippen LogP contribution is 2.34. The second-order valence-electron chi connectivity index (χ2n) is 6.51. The van der Waals surface area contributed by atoms with Crippen molar-refractivity contribution in [1.29, 1.82) is 0 Å². The molecule has 9 heteroatoms. The topological polar surface area (TPSA) is 52.0 Å². The van der Waals surface area contributed by atoms with Crippen LogP contribution in [-0.4, -0.2) is 24.5 Å². The first-order valence-electron chi connectivity index (χ1n) is 8.13. The van der Waals surface area contributed by atoms with E-state index in [1.807, 2.05) is 13.8 Å². The summed E-state index contributed by atoms with van der Waals surface area (Å²) in [5, 5.41) is 3.65. The molecule has 0 spiro atoms. The van der Waals surface area contributed by atoms with Gasteiger partial charge in [0, 0.05) is 11.8 Å². The number of rotatable bonds is 3. The lowest BCUT2D eigenvalue weighted by Crippen LogP contribution is -2.07. The molecular weight excluding hydrogens is 396 g/mol. The van der Waals surface area contributed by atoms with Gasteiger partial charge >= 0.3 is 6.18 Å². The first kappa shape index (κ1) is 20.1. The Morgan fingerprint density at radius 1 is 0.964 bits per heavy atom. The van der Waals surface area contributed by atoms with Gasteiger partial charge in [0.05, 0.1) is 11.4 Å². The molecule has 0 aliphatic rings. The summed E-state index contributed by atoms with van der Waals surface area (Å²) in [5.41, 5.74) is 1.12. The van der Waals surface area contributed by atoms with Crippen LogP contribution in [0.15, 0.2) is 47.4 Å². The summed E-state index contributed by atoms with van der Waals surface area (Å²) in [6.45, 7) is 3.68. The monoisotopic (exact) mass is 412 g/mol. The van der Waals surface area contributed by atoms with E-state index in [-0.39, 0.29) is 11.3 Å². The van der Waals surface area contributed by atoms with Gasteiger partial charge in [-0.3, -0.25) is 0 Å². The number of nitrogens with zero attached hydrogens (tertiary/aromatic N) is 2. The van der Waals surface area contributed by atoms with Crippen molar-refractivity contribution in [1.82, 2.24) is 9.78 Å². The first-order valence-corrected chi connectivity index (χ1v) is 10.0. The lowest BCUT2D eigenvalue weighted by atomic mass is 10.1. The predicted molar refractivity (Wildman–Crippen MR) is 96.5 cm³/mol. The Kier molecular flexibility index (Phi) is 4.82. The van der Waals surface area contributed by atoms with Crippen molar-refractivity contribution in [3.63, 3.8) is 0 Å². The molecule has 0 fully saturated rings. The molecule has 0 atom stereocenters. The van der Waals surface area contributed by atoms with Gasteiger partial charge in [0.2, 0.25) is 0 Å². The van der Waals surface area contributed by atoms with Crippen LogP contribution in [-0.2, 0) is 16.0 Å². The van der Waals surface area contributed by atoms with Crippen molar-refractivity contribution in [3.05, 3.63) is 65.1 Å². The van der Waals surface area contributed by atoms with Crippen molar-refractivity contribution < 1.29 is 26.0 Å².